The van der Waals surface area contributed by atoms with Crippen LogP contribution in [0.25, 0.3) is 0 Å². The first-order chi connectivity index (χ1) is 19.7. The summed E-state index contributed by atoms with van der Waals surface area (Å²) in [7, 11) is 0. The monoisotopic (exact) mass is 622 g/mol. The molecule has 16 heteroatoms. The van der Waals surface area contributed by atoms with Crippen molar-refractivity contribution in [3.63, 3.8) is 0 Å². The number of rotatable bonds is 15. The van der Waals surface area contributed by atoms with E-state index in [1.807, 2.05) is 10.6 Å². The van der Waals surface area contributed by atoms with E-state index in [-0.39, 0.29) is 39.3 Å². The van der Waals surface area contributed by atoms with Crippen LogP contribution in [0.3, 0.4) is 0 Å². The topological polar surface area (TPSA) is 114 Å². The van der Waals surface area contributed by atoms with Gasteiger partial charge in [0.25, 0.3) is 0 Å². The van der Waals surface area contributed by atoms with Gasteiger partial charge in [-0.3, -0.25) is 9.59 Å². The number of nitrogens with one attached hydrogen (secondary N) is 2. The van der Waals surface area contributed by atoms with Gasteiger partial charge >= 0.3 is 24.2 Å². The van der Waals surface area contributed by atoms with E-state index in [1.165, 1.54) is 12.2 Å². The van der Waals surface area contributed by atoms with Gasteiger partial charge in [-0.1, -0.05) is 12.2 Å². The molecular formula is C26H38F6N2O8. The molecule has 2 rings (SSSR count). The Kier molecular flexibility index (Phi) is 14.2. The van der Waals surface area contributed by atoms with Gasteiger partial charge in [0, 0.05) is 26.1 Å². The van der Waals surface area contributed by atoms with Crippen molar-refractivity contribution in [1.29, 1.82) is 0 Å². The molecule has 0 bridgehead atoms. The molecule has 8 atom stereocenters. The Hall–Kier alpha value is -2.24. The molecule has 0 aliphatic carbocycles. The number of hydrogen-bond acceptors (Lipinski definition) is 8. The second-order valence-corrected chi connectivity index (χ2v) is 9.79. The number of alkyl halides is 6. The molecule has 2 aliphatic heterocycles. The Morgan fingerprint density at radius 1 is 0.738 bits per heavy atom. The first kappa shape index (κ1) is 36.0. The molecule has 2 aliphatic rings. The molecule has 2 saturated heterocycles. The zero-order valence-corrected chi connectivity index (χ0v) is 23.4. The molecule has 0 aromatic carbocycles. The molecule has 2 heterocycles. The Morgan fingerprint density at radius 3 is 1.40 bits per heavy atom. The van der Waals surface area contributed by atoms with Crippen LogP contribution in [0.4, 0.5) is 26.3 Å². The van der Waals surface area contributed by atoms with E-state index in [9.17, 15) is 35.9 Å². The van der Waals surface area contributed by atoms with Crippen molar-refractivity contribution in [1.82, 2.24) is 10.6 Å². The lowest BCUT2D eigenvalue weighted by Crippen LogP contribution is -2.58. The predicted molar refractivity (Wildman–Crippen MR) is 135 cm³/mol. The number of ether oxygens (including phenoxy) is 6. The number of unbranched alkanes of at least 4 members (excludes halogenated alkanes) is 1. The third-order valence-corrected chi connectivity index (χ3v) is 6.45. The van der Waals surface area contributed by atoms with Crippen molar-refractivity contribution in [2.75, 3.05) is 26.4 Å². The van der Waals surface area contributed by atoms with Gasteiger partial charge in [-0.2, -0.15) is 26.3 Å². The average Bonchev–Trinajstić information content (AvgIpc) is 2.88. The number of carbonyl (C=O) groups excluding carboxylic acids is 2. The molecule has 0 radical (unpaired) electrons. The van der Waals surface area contributed by atoms with Crippen LogP contribution in [0.5, 0.6) is 0 Å². The maximum Gasteiger partial charge on any atom is 0.471 e. The van der Waals surface area contributed by atoms with E-state index in [0.29, 0.717) is 12.8 Å². The van der Waals surface area contributed by atoms with E-state index in [1.54, 1.807) is 13.8 Å². The highest BCUT2D eigenvalue weighted by Gasteiger charge is 2.46. The number of halogens is 6. The third kappa shape index (κ3) is 11.4. The Labute approximate surface area is 240 Å². The van der Waals surface area contributed by atoms with Crippen LogP contribution in [-0.4, -0.2) is 99.7 Å². The summed E-state index contributed by atoms with van der Waals surface area (Å²) in [6.45, 7) is 10.6. The van der Waals surface area contributed by atoms with Crippen LogP contribution in [0.15, 0.2) is 25.3 Å². The summed E-state index contributed by atoms with van der Waals surface area (Å²) < 4.78 is 111. The molecule has 10 nitrogen and oxygen atoms in total. The number of hydrogen-bond donors (Lipinski definition) is 2. The first-order valence-corrected chi connectivity index (χ1v) is 13.4. The number of carbonyl (C=O) groups is 2. The molecule has 2 N–H and O–H groups in total. The lowest BCUT2D eigenvalue weighted by atomic mass is 10.0. The molecule has 2 fully saturated rings. The first-order valence-electron chi connectivity index (χ1n) is 13.4. The van der Waals surface area contributed by atoms with Crippen LogP contribution >= 0.6 is 0 Å². The summed E-state index contributed by atoms with van der Waals surface area (Å²) >= 11 is 0. The summed E-state index contributed by atoms with van der Waals surface area (Å²) in [5, 5.41) is 3.89. The predicted octanol–water partition coefficient (Wildman–Crippen LogP) is 3.31. The summed E-state index contributed by atoms with van der Waals surface area (Å²) in [6, 6.07) is -2.04. The molecule has 242 valence electrons. The molecular weight excluding hydrogens is 584 g/mol. The smallest absolute Gasteiger partial charge is 0.369 e. The van der Waals surface area contributed by atoms with E-state index in [2.05, 4.69) is 13.2 Å². The maximum absolute atomic E-state index is 12.8. The Morgan fingerprint density at radius 2 is 1.10 bits per heavy atom. The van der Waals surface area contributed by atoms with E-state index >= 15 is 0 Å². The van der Waals surface area contributed by atoms with Crippen molar-refractivity contribution < 1.29 is 64.4 Å². The molecule has 0 saturated carbocycles. The minimum Gasteiger partial charge on any atom is -0.369 e. The van der Waals surface area contributed by atoms with Crippen LogP contribution in [0.2, 0.25) is 0 Å². The average molecular weight is 623 g/mol. The molecule has 0 aromatic rings. The minimum atomic E-state index is -5.07. The summed E-state index contributed by atoms with van der Waals surface area (Å²) in [5.41, 5.74) is 0. The molecule has 2 amide bonds. The lowest BCUT2D eigenvalue weighted by molar-refractivity contribution is -0.238. The van der Waals surface area contributed by atoms with E-state index in [4.69, 9.17) is 28.4 Å². The highest BCUT2D eigenvalue weighted by molar-refractivity contribution is 5.82. The fraction of sp³-hybridized carbons (Fsp3) is 0.769. The van der Waals surface area contributed by atoms with Crippen LogP contribution < -0.4 is 10.6 Å². The fourth-order valence-corrected chi connectivity index (χ4v) is 4.57. The van der Waals surface area contributed by atoms with Crippen molar-refractivity contribution in [2.45, 2.75) is 101 Å². The summed E-state index contributed by atoms with van der Waals surface area (Å²) in [6.07, 6.45) is -11.5. The highest BCUT2D eigenvalue weighted by atomic mass is 19.4. The van der Waals surface area contributed by atoms with Crippen molar-refractivity contribution in [2.24, 2.45) is 0 Å². The van der Waals surface area contributed by atoms with E-state index in [0.717, 1.165) is 0 Å². The minimum absolute atomic E-state index is 0.0454. The van der Waals surface area contributed by atoms with Gasteiger partial charge in [0.05, 0.1) is 37.5 Å². The molecule has 0 unspecified atom stereocenters. The van der Waals surface area contributed by atoms with Crippen LogP contribution in [0, 0.1) is 0 Å². The van der Waals surface area contributed by atoms with Crippen LogP contribution in [0.1, 0.15) is 39.5 Å². The van der Waals surface area contributed by atoms with Gasteiger partial charge in [-0.15, -0.1) is 13.2 Å². The largest absolute Gasteiger partial charge is 0.471 e. The summed E-state index contributed by atoms with van der Waals surface area (Å²) in [4.78, 5) is 23.1. The Balaban J connectivity index is 1.82. The number of amides is 2. The molecule has 42 heavy (non-hydrogen) atoms. The fourth-order valence-electron chi connectivity index (χ4n) is 4.57. The van der Waals surface area contributed by atoms with E-state index < -0.39 is 73.2 Å². The molecule has 0 aromatic heterocycles. The standard InChI is InChI=1S/C26H38F6N2O8/c1-5-9-39-21-15(3)41-19(13-17(21)33-23(35)25(27,28)29)37-11-7-8-12-38-20-14-18(34-24(36)26(30,31)32)22(16(4)42-20)40-10-6-2/h5-6,15-22H,1-2,7-14H2,3-4H3,(H,33,35)(H,34,36)/t15-,16-,17-,18+,19+,20+,21-,22-/m0/s1/i33+1,34+1. The normalized spacial score (nSPS) is 30.4. The third-order valence-electron chi connectivity index (χ3n) is 6.45. The van der Waals surface area contributed by atoms with Crippen molar-refractivity contribution in [3.8, 4) is 0 Å². The zero-order chi connectivity index (χ0) is 31.5. The van der Waals surface area contributed by atoms with Crippen molar-refractivity contribution in [3.05, 3.63) is 25.3 Å². The summed E-state index contributed by atoms with van der Waals surface area (Å²) in [5.74, 6) is -4.19. The zero-order valence-electron chi connectivity index (χ0n) is 23.4. The van der Waals surface area contributed by atoms with Gasteiger partial charge < -0.3 is 39.1 Å². The van der Waals surface area contributed by atoms with Crippen molar-refractivity contribution >= 4 is 11.8 Å². The second kappa shape index (κ2) is 16.6. The Bertz CT molecular complexity index is 820. The lowest BCUT2D eigenvalue weighted by Gasteiger charge is -2.40. The van der Waals surface area contributed by atoms with Crippen LogP contribution in [-0.2, 0) is 38.0 Å². The molecule has 0 spiro atoms. The second-order valence-electron chi connectivity index (χ2n) is 9.79. The highest BCUT2D eigenvalue weighted by Crippen LogP contribution is 2.27. The van der Waals surface area contributed by atoms with Gasteiger partial charge in [0.2, 0.25) is 0 Å². The van der Waals surface area contributed by atoms with Gasteiger partial charge in [-0.05, 0) is 26.7 Å². The van der Waals surface area contributed by atoms with Gasteiger partial charge in [0.15, 0.2) is 12.6 Å². The van der Waals surface area contributed by atoms with Gasteiger partial charge in [-0.25, -0.2) is 0 Å². The van der Waals surface area contributed by atoms with Gasteiger partial charge in [0.1, 0.15) is 12.2 Å². The maximum atomic E-state index is 12.8. The quantitative estimate of drug-likeness (QED) is 0.124. The SMILES string of the molecule is C=CCO[C@@H]1[C@@H]([15NH]C(=O)C(F)(F)F)C[C@H](OCCCCO[C@H]2C[C@@H]([15NH]C(=O)C(F)(F)F)[C@@H](OCC=C)[C@H](C)O2)O[C@H]1C.